The van der Waals surface area contributed by atoms with E-state index in [2.05, 4.69) is 0 Å². The average molecular weight is 362 g/mol. The van der Waals surface area contributed by atoms with Crippen molar-refractivity contribution in [1.82, 2.24) is 0 Å². The zero-order valence-corrected chi connectivity index (χ0v) is 14.6. The second kappa shape index (κ2) is 6.57. The fourth-order valence-electron chi connectivity index (χ4n) is 3.06. The predicted octanol–water partition coefficient (Wildman–Crippen LogP) is 2.35. The Hall–Kier alpha value is -2.25. The lowest BCUT2D eigenvalue weighted by atomic mass is 10.0. The quantitative estimate of drug-likeness (QED) is 0.909. The summed E-state index contributed by atoms with van der Waals surface area (Å²) in [7, 11) is -3.44. The minimum Gasteiger partial charge on any atom is -0.320 e. The molecule has 2 N–H and O–H groups in total. The fraction of sp³-hybridized carbons (Fsp3) is 0.278. The monoisotopic (exact) mass is 362 g/mol. The van der Waals surface area contributed by atoms with Crippen molar-refractivity contribution in [1.29, 1.82) is 0 Å². The average Bonchev–Trinajstić information content (AvgIpc) is 2.57. The topological polar surface area (TPSA) is 80.5 Å². The van der Waals surface area contributed by atoms with Gasteiger partial charge in [0.2, 0.25) is 5.91 Å². The van der Waals surface area contributed by atoms with E-state index in [0.29, 0.717) is 30.5 Å². The van der Waals surface area contributed by atoms with Crippen LogP contribution in [0.5, 0.6) is 0 Å². The summed E-state index contributed by atoms with van der Waals surface area (Å²) in [6, 6.07) is 10.2. The van der Waals surface area contributed by atoms with E-state index in [0.717, 1.165) is 6.26 Å². The first-order chi connectivity index (χ1) is 11.8. The Labute approximate surface area is 146 Å². The van der Waals surface area contributed by atoms with Gasteiger partial charge in [0.05, 0.1) is 16.6 Å². The van der Waals surface area contributed by atoms with Crippen LogP contribution in [-0.4, -0.2) is 33.2 Å². The number of anilines is 1. The number of hydrogen-bond acceptors (Lipinski definition) is 4. The molecule has 2 aromatic carbocycles. The van der Waals surface area contributed by atoms with Gasteiger partial charge in [0.25, 0.3) is 0 Å². The van der Waals surface area contributed by atoms with Crippen LogP contribution in [0.25, 0.3) is 11.1 Å². The molecule has 1 fully saturated rings. The largest absolute Gasteiger partial charge is 0.320 e. The second-order valence-electron chi connectivity index (χ2n) is 6.17. The SMILES string of the molecule is CS(=O)(=O)c1ccccc1-c1ccc(N2CCCC(N)C2=O)c(F)c1. The van der Waals surface area contributed by atoms with Crippen LogP contribution in [0.4, 0.5) is 10.1 Å². The van der Waals surface area contributed by atoms with E-state index >= 15 is 0 Å². The normalized spacial score (nSPS) is 18.4. The number of carbonyl (C=O) groups excluding carboxylic acids is 1. The number of piperidine rings is 1. The lowest BCUT2D eigenvalue weighted by molar-refractivity contribution is -0.120. The molecule has 0 radical (unpaired) electrons. The van der Waals surface area contributed by atoms with Crippen molar-refractivity contribution in [2.75, 3.05) is 17.7 Å². The first kappa shape index (κ1) is 17.6. The maximum Gasteiger partial charge on any atom is 0.243 e. The number of carbonyl (C=O) groups is 1. The molecule has 1 amide bonds. The van der Waals surface area contributed by atoms with E-state index in [1.807, 2.05) is 0 Å². The number of amides is 1. The van der Waals surface area contributed by atoms with Crippen molar-refractivity contribution in [3.05, 3.63) is 48.3 Å². The second-order valence-corrected chi connectivity index (χ2v) is 8.16. The Morgan fingerprint density at radius 1 is 1.20 bits per heavy atom. The Balaban J connectivity index is 2.03. The Bertz CT molecular complexity index is 928. The highest BCUT2D eigenvalue weighted by Gasteiger charge is 2.28. The van der Waals surface area contributed by atoms with Gasteiger partial charge in [-0.05, 0) is 36.6 Å². The maximum absolute atomic E-state index is 14.7. The van der Waals surface area contributed by atoms with Gasteiger partial charge in [0.15, 0.2) is 9.84 Å². The Kier molecular flexibility index (Phi) is 4.62. The van der Waals surface area contributed by atoms with Gasteiger partial charge < -0.3 is 10.6 Å². The van der Waals surface area contributed by atoms with Crippen molar-refractivity contribution in [2.24, 2.45) is 5.73 Å². The number of benzene rings is 2. The van der Waals surface area contributed by atoms with Crippen molar-refractivity contribution in [3.63, 3.8) is 0 Å². The van der Waals surface area contributed by atoms with Gasteiger partial charge in [-0.1, -0.05) is 24.3 Å². The molecular formula is C18H19FN2O3S. The minimum absolute atomic E-state index is 0.137. The molecule has 1 unspecified atom stereocenters. The van der Waals surface area contributed by atoms with Crippen LogP contribution in [0.2, 0.25) is 0 Å². The maximum atomic E-state index is 14.7. The van der Waals surface area contributed by atoms with Crippen LogP contribution in [0.1, 0.15) is 12.8 Å². The molecule has 0 aliphatic carbocycles. The first-order valence-electron chi connectivity index (χ1n) is 7.95. The summed E-state index contributed by atoms with van der Waals surface area (Å²) in [5.41, 5.74) is 6.80. The first-order valence-corrected chi connectivity index (χ1v) is 9.84. The highest BCUT2D eigenvalue weighted by Crippen LogP contribution is 2.32. The third-order valence-corrected chi connectivity index (χ3v) is 5.47. The van der Waals surface area contributed by atoms with Crippen molar-refractivity contribution in [3.8, 4) is 11.1 Å². The molecule has 25 heavy (non-hydrogen) atoms. The molecule has 0 aromatic heterocycles. The lowest BCUT2D eigenvalue weighted by Crippen LogP contribution is -2.48. The molecule has 2 aromatic rings. The van der Waals surface area contributed by atoms with Gasteiger partial charge >= 0.3 is 0 Å². The molecular weight excluding hydrogens is 343 g/mol. The number of nitrogens with zero attached hydrogens (tertiary/aromatic N) is 1. The van der Waals surface area contributed by atoms with E-state index in [-0.39, 0.29) is 16.5 Å². The third kappa shape index (κ3) is 3.43. The summed E-state index contributed by atoms with van der Waals surface area (Å²) in [4.78, 5) is 13.7. The molecule has 1 aliphatic heterocycles. The molecule has 1 heterocycles. The number of nitrogens with two attached hydrogens (primary N) is 1. The number of sulfone groups is 1. The molecule has 0 bridgehead atoms. The summed E-state index contributed by atoms with van der Waals surface area (Å²) in [6.45, 7) is 0.419. The van der Waals surface area contributed by atoms with Crippen molar-refractivity contribution < 1.29 is 17.6 Å². The Morgan fingerprint density at radius 3 is 2.60 bits per heavy atom. The van der Waals surface area contributed by atoms with E-state index in [1.54, 1.807) is 24.3 Å². The standard InChI is InChI=1S/C18H19FN2O3S/c1-25(23,24)17-7-3-2-5-13(17)12-8-9-16(14(19)11-12)21-10-4-6-15(20)18(21)22/h2-3,5,7-9,11,15H,4,6,10,20H2,1H3. The van der Waals surface area contributed by atoms with Gasteiger partial charge in [-0.3, -0.25) is 4.79 Å². The molecule has 7 heteroatoms. The molecule has 0 saturated carbocycles. The molecule has 1 aliphatic rings. The smallest absolute Gasteiger partial charge is 0.243 e. The van der Waals surface area contributed by atoms with Crippen LogP contribution in [0, 0.1) is 5.82 Å². The van der Waals surface area contributed by atoms with Crippen molar-refractivity contribution >= 4 is 21.4 Å². The summed E-state index contributed by atoms with van der Waals surface area (Å²) in [6.07, 6.45) is 2.42. The van der Waals surface area contributed by atoms with Crippen molar-refractivity contribution in [2.45, 2.75) is 23.8 Å². The summed E-state index contributed by atoms with van der Waals surface area (Å²) >= 11 is 0. The van der Waals surface area contributed by atoms with Crippen LogP contribution in [-0.2, 0) is 14.6 Å². The molecule has 1 saturated heterocycles. The van der Waals surface area contributed by atoms with Crippen LogP contribution in [0.15, 0.2) is 47.4 Å². The van der Waals surface area contributed by atoms with Gasteiger partial charge in [0.1, 0.15) is 5.82 Å². The van der Waals surface area contributed by atoms with Crippen LogP contribution < -0.4 is 10.6 Å². The van der Waals surface area contributed by atoms with Crippen LogP contribution in [0.3, 0.4) is 0 Å². The predicted molar refractivity (Wildman–Crippen MR) is 94.5 cm³/mol. The molecule has 132 valence electrons. The third-order valence-electron chi connectivity index (χ3n) is 4.32. The van der Waals surface area contributed by atoms with E-state index in [4.69, 9.17) is 5.73 Å². The van der Waals surface area contributed by atoms with Gasteiger partial charge in [-0.25, -0.2) is 12.8 Å². The van der Waals surface area contributed by atoms with Gasteiger partial charge in [-0.15, -0.1) is 0 Å². The summed E-state index contributed by atoms with van der Waals surface area (Å²) in [5.74, 6) is -0.877. The lowest BCUT2D eigenvalue weighted by Gasteiger charge is -2.30. The summed E-state index contributed by atoms with van der Waals surface area (Å²) < 4.78 is 38.6. The molecule has 3 rings (SSSR count). The number of halogens is 1. The zero-order chi connectivity index (χ0) is 18.2. The number of hydrogen-bond donors (Lipinski definition) is 1. The van der Waals surface area contributed by atoms with E-state index in [1.165, 1.54) is 23.1 Å². The van der Waals surface area contributed by atoms with E-state index < -0.39 is 21.7 Å². The number of rotatable bonds is 3. The highest BCUT2D eigenvalue weighted by atomic mass is 32.2. The molecule has 1 atom stereocenters. The summed E-state index contributed by atoms with van der Waals surface area (Å²) in [5, 5.41) is 0. The van der Waals surface area contributed by atoms with Gasteiger partial charge in [-0.2, -0.15) is 0 Å². The fourth-order valence-corrected chi connectivity index (χ4v) is 3.98. The van der Waals surface area contributed by atoms with E-state index in [9.17, 15) is 17.6 Å². The minimum atomic E-state index is -3.44. The molecule has 5 nitrogen and oxygen atoms in total. The molecule has 0 spiro atoms. The van der Waals surface area contributed by atoms with Gasteiger partial charge in [0, 0.05) is 18.4 Å². The Morgan fingerprint density at radius 2 is 1.92 bits per heavy atom. The zero-order valence-electron chi connectivity index (χ0n) is 13.8. The highest BCUT2D eigenvalue weighted by molar-refractivity contribution is 7.90. The van der Waals surface area contributed by atoms with Crippen LogP contribution >= 0.6 is 0 Å².